The van der Waals surface area contributed by atoms with Crippen LogP contribution in [0.15, 0.2) is 23.8 Å². The van der Waals surface area contributed by atoms with Crippen molar-refractivity contribution in [3.63, 3.8) is 0 Å². The molecule has 5 nitrogen and oxygen atoms in total. The van der Waals surface area contributed by atoms with Crippen LogP contribution in [-0.4, -0.2) is 32.5 Å². The van der Waals surface area contributed by atoms with Crippen molar-refractivity contribution in [1.82, 2.24) is 20.1 Å². The van der Waals surface area contributed by atoms with E-state index in [0.717, 1.165) is 30.8 Å². The van der Waals surface area contributed by atoms with Crippen molar-refractivity contribution in [2.45, 2.75) is 25.3 Å². The molecule has 0 aliphatic carbocycles. The summed E-state index contributed by atoms with van der Waals surface area (Å²) in [5.41, 5.74) is 0.554. The number of amides is 1. The van der Waals surface area contributed by atoms with Crippen molar-refractivity contribution in [2.24, 2.45) is 0 Å². The molecule has 6 heteroatoms. The van der Waals surface area contributed by atoms with Gasteiger partial charge in [0, 0.05) is 24.3 Å². The molecule has 1 saturated heterocycles. The van der Waals surface area contributed by atoms with Crippen molar-refractivity contribution >= 4 is 17.2 Å². The van der Waals surface area contributed by atoms with Crippen LogP contribution in [0.5, 0.6) is 0 Å². The lowest BCUT2D eigenvalue weighted by atomic mass is 10.0. The van der Waals surface area contributed by atoms with Gasteiger partial charge >= 0.3 is 0 Å². The van der Waals surface area contributed by atoms with Gasteiger partial charge in [-0.1, -0.05) is 0 Å². The standard InChI is InChI=1S/C12H14N4OS/c17-12(9-4-5-14-15-9)16-7-2-1-3-10(16)11-13-6-8-18-11/h4-6,8,10H,1-3,7H2,(H,14,15). The molecule has 1 amide bonds. The number of rotatable bonds is 2. The predicted octanol–water partition coefficient (Wildman–Crippen LogP) is 2.23. The number of carbonyl (C=O) groups excluding carboxylic acids is 1. The van der Waals surface area contributed by atoms with Crippen molar-refractivity contribution < 1.29 is 4.79 Å². The molecule has 0 aromatic carbocycles. The van der Waals surface area contributed by atoms with Gasteiger partial charge in [-0.05, 0) is 25.3 Å². The van der Waals surface area contributed by atoms with Gasteiger partial charge in [-0.2, -0.15) is 5.10 Å². The van der Waals surface area contributed by atoms with Crippen molar-refractivity contribution in [1.29, 1.82) is 0 Å². The highest BCUT2D eigenvalue weighted by molar-refractivity contribution is 7.09. The molecular formula is C12H14N4OS. The van der Waals surface area contributed by atoms with Crippen LogP contribution in [0.2, 0.25) is 0 Å². The van der Waals surface area contributed by atoms with E-state index in [1.54, 1.807) is 29.8 Å². The summed E-state index contributed by atoms with van der Waals surface area (Å²) in [6.45, 7) is 0.794. The van der Waals surface area contributed by atoms with Crippen LogP contribution in [-0.2, 0) is 0 Å². The molecule has 94 valence electrons. The number of carbonyl (C=O) groups is 1. The second-order valence-electron chi connectivity index (χ2n) is 4.35. The zero-order valence-electron chi connectivity index (χ0n) is 9.87. The Hall–Kier alpha value is -1.69. The molecule has 0 spiro atoms. The Bertz CT molecular complexity index is 508. The Morgan fingerprint density at radius 3 is 3.11 bits per heavy atom. The number of piperidine rings is 1. The van der Waals surface area contributed by atoms with E-state index in [0.29, 0.717) is 5.69 Å². The lowest BCUT2D eigenvalue weighted by Crippen LogP contribution is -2.38. The highest BCUT2D eigenvalue weighted by Gasteiger charge is 2.30. The van der Waals surface area contributed by atoms with Crippen LogP contribution in [0.4, 0.5) is 0 Å². The molecule has 1 atom stereocenters. The molecule has 2 aromatic rings. The summed E-state index contributed by atoms with van der Waals surface area (Å²) in [7, 11) is 0. The lowest BCUT2D eigenvalue weighted by Gasteiger charge is -2.34. The first-order chi connectivity index (χ1) is 8.86. The van der Waals surface area contributed by atoms with E-state index in [9.17, 15) is 4.79 Å². The molecule has 0 saturated carbocycles. The predicted molar refractivity (Wildman–Crippen MR) is 68.3 cm³/mol. The smallest absolute Gasteiger partial charge is 0.272 e. The minimum absolute atomic E-state index is 0.0207. The van der Waals surface area contributed by atoms with Crippen LogP contribution in [0.3, 0.4) is 0 Å². The van der Waals surface area contributed by atoms with Crippen LogP contribution < -0.4 is 0 Å². The first-order valence-electron chi connectivity index (χ1n) is 6.06. The molecule has 1 aliphatic heterocycles. The number of aromatic nitrogens is 3. The van der Waals surface area contributed by atoms with Gasteiger partial charge in [-0.3, -0.25) is 9.89 Å². The molecule has 1 aliphatic rings. The lowest BCUT2D eigenvalue weighted by molar-refractivity contribution is 0.0605. The molecule has 0 radical (unpaired) electrons. The maximum absolute atomic E-state index is 12.4. The molecule has 0 bridgehead atoms. The second-order valence-corrected chi connectivity index (χ2v) is 5.28. The molecule has 18 heavy (non-hydrogen) atoms. The summed E-state index contributed by atoms with van der Waals surface area (Å²) < 4.78 is 0. The van der Waals surface area contributed by atoms with E-state index in [4.69, 9.17) is 0 Å². The molecule has 2 aromatic heterocycles. The highest BCUT2D eigenvalue weighted by Crippen LogP contribution is 2.32. The van der Waals surface area contributed by atoms with E-state index in [1.807, 2.05) is 10.3 Å². The molecule has 1 unspecified atom stereocenters. The van der Waals surface area contributed by atoms with Gasteiger partial charge in [0.05, 0.1) is 6.04 Å². The van der Waals surface area contributed by atoms with Crippen LogP contribution >= 0.6 is 11.3 Å². The highest BCUT2D eigenvalue weighted by atomic mass is 32.1. The van der Waals surface area contributed by atoms with Crippen LogP contribution in [0, 0.1) is 0 Å². The first kappa shape index (κ1) is 11.4. The maximum atomic E-state index is 12.4. The topological polar surface area (TPSA) is 61.9 Å². The van der Waals surface area contributed by atoms with E-state index in [2.05, 4.69) is 15.2 Å². The van der Waals surface area contributed by atoms with Gasteiger partial charge in [-0.15, -0.1) is 11.3 Å². The maximum Gasteiger partial charge on any atom is 0.272 e. The number of H-pyrrole nitrogens is 1. The molecule has 1 N–H and O–H groups in total. The van der Waals surface area contributed by atoms with Gasteiger partial charge in [0.15, 0.2) is 0 Å². The average molecular weight is 262 g/mol. The Balaban J connectivity index is 1.86. The summed E-state index contributed by atoms with van der Waals surface area (Å²) in [6, 6.07) is 1.84. The summed E-state index contributed by atoms with van der Waals surface area (Å²) in [5.74, 6) is 0.0207. The van der Waals surface area contributed by atoms with E-state index in [-0.39, 0.29) is 11.9 Å². The molecule has 3 heterocycles. The Labute approximate surface area is 109 Å². The van der Waals surface area contributed by atoms with E-state index in [1.165, 1.54) is 0 Å². The zero-order valence-corrected chi connectivity index (χ0v) is 10.7. The minimum atomic E-state index is 0.0207. The number of likely N-dealkylation sites (tertiary alicyclic amines) is 1. The minimum Gasteiger partial charge on any atom is -0.328 e. The van der Waals surface area contributed by atoms with E-state index < -0.39 is 0 Å². The summed E-state index contributed by atoms with van der Waals surface area (Å²) in [5, 5.41) is 9.57. The third kappa shape index (κ3) is 2.03. The summed E-state index contributed by atoms with van der Waals surface area (Å²) >= 11 is 1.62. The fourth-order valence-electron chi connectivity index (χ4n) is 2.36. The number of nitrogens with zero attached hydrogens (tertiary/aromatic N) is 3. The largest absolute Gasteiger partial charge is 0.328 e. The van der Waals surface area contributed by atoms with Gasteiger partial charge in [0.1, 0.15) is 10.7 Å². The van der Waals surface area contributed by atoms with Gasteiger partial charge in [0.25, 0.3) is 5.91 Å². The average Bonchev–Trinajstić information content (AvgIpc) is 3.11. The quantitative estimate of drug-likeness (QED) is 0.902. The third-order valence-electron chi connectivity index (χ3n) is 3.23. The van der Waals surface area contributed by atoms with Gasteiger partial charge < -0.3 is 4.90 Å². The SMILES string of the molecule is O=C(c1ccn[nH]1)N1CCCCC1c1nccs1. The number of nitrogens with one attached hydrogen (secondary N) is 1. The van der Waals surface area contributed by atoms with Crippen LogP contribution in [0.25, 0.3) is 0 Å². The number of aromatic amines is 1. The molecule has 3 rings (SSSR count). The normalized spacial score (nSPS) is 20.0. The van der Waals surface area contributed by atoms with Gasteiger partial charge in [-0.25, -0.2) is 4.98 Å². The van der Waals surface area contributed by atoms with Crippen molar-refractivity contribution in [3.05, 3.63) is 34.5 Å². The molecule has 1 fully saturated rings. The number of hydrogen-bond donors (Lipinski definition) is 1. The first-order valence-corrected chi connectivity index (χ1v) is 6.94. The number of hydrogen-bond acceptors (Lipinski definition) is 4. The van der Waals surface area contributed by atoms with Gasteiger partial charge in [0.2, 0.25) is 0 Å². The fourth-order valence-corrected chi connectivity index (χ4v) is 3.15. The van der Waals surface area contributed by atoms with Crippen LogP contribution in [0.1, 0.15) is 40.8 Å². The van der Waals surface area contributed by atoms with E-state index >= 15 is 0 Å². The summed E-state index contributed by atoms with van der Waals surface area (Å²) in [4.78, 5) is 18.7. The number of thiazole rings is 1. The Morgan fingerprint density at radius 2 is 2.39 bits per heavy atom. The Morgan fingerprint density at radius 1 is 1.44 bits per heavy atom. The summed E-state index contributed by atoms with van der Waals surface area (Å²) in [6.07, 6.45) is 6.61. The fraction of sp³-hybridized carbons (Fsp3) is 0.417. The monoisotopic (exact) mass is 262 g/mol. The zero-order chi connectivity index (χ0) is 12.4. The molecular weight excluding hydrogens is 248 g/mol. The van der Waals surface area contributed by atoms with Crippen molar-refractivity contribution in [2.75, 3.05) is 6.54 Å². The Kier molecular flexibility index (Phi) is 3.10. The third-order valence-corrected chi connectivity index (χ3v) is 4.11. The van der Waals surface area contributed by atoms with Crippen molar-refractivity contribution in [3.8, 4) is 0 Å². The second kappa shape index (κ2) is 4.89.